The summed E-state index contributed by atoms with van der Waals surface area (Å²) < 4.78 is 5.22. The Balaban J connectivity index is 1.58. The van der Waals surface area contributed by atoms with Crippen LogP contribution in [0.15, 0.2) is 29.6 Å². The van der Waals surface area contributed by atoms with E-state index in [-0.39, 0.29) is 17.8 Å². The van der Waals surface area contributed by atoms with Gasteiger partial charge in [0, 0.05) is 10.9 Å². The predicted octanol–water partition coefficient (Wildman–Crippen LogP) is 3.90. The molecule has 1 aromatic heterocycles. The second-order valence-electron chi connectivity index (χ2n) is 6.48. The number of anilines is 1. The molecule has 3 rings (SSSR count). The SMILES string of the molecule is CCc1ccc(-c2csc(NC(=O)[C@@H](C)OC(=O)[C@@H]3C[C@@H]3C)n2)cc1. The molecule has 1 aliphatic rings. The van der Waals surface area contributed by atoms with Crippen molar-refractivity contribution in [3.05, 3.63) is 35.2 Å². The maximum absolute atomic E-state index is 12.2. The van der Waals surface area contributed by atoms with Gasteiger partial charge in [0.2, 0.25) is 0 Å². The van der Waals surface area contributed by atoms with E-state index in [9.17, 15) is 9.59 Å². The monoisotopic (exact) mass is 358 g/mol. The number of nitrogens with zero attached hydrogens (tertiary/aromatic N) is 1. The van der Waals surface area contributed by atoms with Gasteiger partial charge in [-0.1, -0.05) is 38.1 Å². The number of rotatable bonds is 6. The van der Waals surface area contributed by atoms with Gasteiger partial charge >= 0.3 is 5.97 Å². The van der Waals surface area contributed by atoms with E-state index in [1.54, 1.807) is 6.92 Å². The Labute approximate surface area is 151 Å². The van der Waals surface area contributed by atoms with Crippen molar-refractivity contribution >= 4 is 28.3 Å². The maximum Gasteiger partial charge on any atom is 0.309 e. The number of ether oxygens (including phenoxy) is 1. The molecule has 3 atom stereocenters. The lowest BCUT2D eigenvalue weighted by Gasteiger charge is -2.12. The Bertz CT molecular complexity index is 769. The summed E-state index contributed by atoms with van der Waals surface area (Å²) in [6.45, 7) is 5.70. The third kappa shape index (κ3) is 4.25. The smallest absolute Gasteiger partial charge is 0.309 e. The summed E-state index contributed by atoms with van der Waals surface area (Å²) in [5.41, 5.74) is 3.10. The summed E-state index contributed by atoms with van der Waals surface area (Å²) in [6, 6.07) is 8.21. The minimum Gasteiger partial charge on any atom is -0.452 e. The number of hydrogen-bond acceptors (Lipinski definition) is 5. The van der Waals surface area contributed by atoms with Crippen molar-refractivity contribution in [1.29, 1.82) is 0 Å². The Hall–Kier alpha value is -2.21. The predicted molar refractivity (Wildman–Crippen MR) is 98.4 cm³/mol. The van der Waals surface area contributed by atoms with E-state index in [1.165, 1.54) is 16.9 Å². The Morgan fingerprint density at radius 1 is 1.36 bits per heavy atom. The maximum atomic E-state index is 12.2. The molecule has 0 unspecified atom stereocenters. The fourth-order valence-electron chi connectivity index (χ4n) is 2.55. The summed E-state index contributed by atoms with van der Waals surface area (Å²) in [4.78, 5) is 28.4. The molecular formula is C19H22N2O3S. The van der Waals surface area contributed by atoms with Gasteiger partial charge in [0.25, 0.3) is 5.91 Å². The molecule has 0 spiro atoms. The average molecular weight is 358 g/mol. The number of benzene rings is 1. The first-order chi connectivity index (χ1) is 12.0. The van der Waals surface area contributed by atoms with Crippen molar-refractivity contribution < 1.29 is 14.3 Å². The van der Waals surface area contributed by atoms with Crippen LogP contribution < -0.4 is 5.32 Å². The van der Waals surface area contributed by atoms with Crippen LogP contribution in [-0.2, 0) is 20.7 Å². The molecule has 25 heavy (non-hydrogen) atoms. The fourth-order valence-corrected chi connectivity index (χ4v) is 3.27. The lowest BCUT2D eigenvalue weighted by molar-refractivity contribution is -0.154. The van der Waals surface area contributed by atoms with E-state index >= 15 is 0 Å². The van der Waals surface area contributed by atoms with Gasteiger partial charge < -0.3 is 4.74 Å². The second-order valence-corrected chi connectivity index (χ2v) is 7.33. The highest BCUT2D eigenvalue weighted by Crippen LogP contribution is 2.38. The molecule has 0 saturated heterocycles. The summed E-state index contributed by atoms with van der Waals surface area (Å²) in [6.07, 6.45) is 1.02. The zero-order valence-corrected chi connectivity index (χ0v) is 15.4. The number of aryl methyl sites for hydroxylation is 1. The molecule has 132 valence electrons. The van der Waals surface area contributed by atoms with E-state index in [1.807, 2.05) is 24.4 Å². The van der Waals surface area contributed by atoms with E-state index in [4.69, 9.17) is 4.74 Å². The molecule has 1 aliphatic carbocycles. The zero-order valence-electron chi connectivity index (χ0n) is 14.6. The third-order valence-electron chi connectivity index (χ3n) is 4.47. The van der Waals surface area contributed by atoms with Gasteiger partial charge in [-0.25, -0.2) is 4.98 Å². The lowest BCUT2D eigenvalue weighted by atomic mass is 10.1. The number of aromatic nitrogens is 1. The Kier molecular flexibility index (Phi) is 5.18. The molecule has 1 heterocycles. The van der Waals surface area contributed by atoms with Crippen LogP contribution in [-0.4, -0.2) is 23.0 Å². The molecule has 0 bridgehead atoms. The van der Waals surface area contributed by atoms with E-state index in [0.717, 1.165) is 24.1 Å². The first-order valence-electron chi connectivity index (χ1n) is 8.54. The minimum atomic E-state index is -0.823. The zero-order chi connectivity index (χ0) is 18.0. The number of nitrogens with one attached hydrogen (secondary N) is 1. The third-order valence-corrected chi connectivity index (χ3v) is 5.22. The topological polar surface area (TPSA) is 68.3 Å². The van der Waals surface area contributed by atoms with Crippen LogP contribution in [0.5, 0.6) is 0 Å². The van der Waals surface area contributed by atoms with Gasteiger partial charge in [0.05, 0.1) is 11.6 Å². The molecule has 2 aromatic rings. The molecule has 0 radical (unpaired) electrons. The molecule has 1 N–H and O–H groups in total. The molecule has 1 amide bonds. The van der Waals surface area contributed by atoms with Crippen molar-refractivity contribution in [2.24, 2.45) is 11.8 Å². The Morgan fingerprint density at radius 2 is 2.04 bits per heavy atom. The van der Waals surface area contributed by atoms with Gasteiger partial charge in [-0.2, -0.15) is 0 Å². The highest BCUT2D eigenvalue weighted by molar-refractivity contribution is 7.14. The van der Waals surface area contributed by atoms with Crippen LogP contribution in [0.2, 0.25) is 0 Å². The van der Waals surface area contributed by atoms with Crippen molar-refractivity contribution in [1.82, 2.24) is 4.98 Å². The highest BCUT2D eigenvalue weighted by Gasteiger charge is 2.41. The van der Waals surface area contributed by atoms with Crippen LogP contribution in [0.3, 0.4) is 0 Å². The number of amides is 1. The molecule has 1 saturated carbocycles. The summed E-state index contributed by atoms with van der Waals surface area (Å²) >= 11 is 1.35. The van der Waals surface area contributed by atoms with E-state index in [2.05, 4.69) is 29.4 Å². The Morgan fingerprint density at radius 3 is 2.64 bits per heavy atom. The quantitative estimate of drug-likeness (QED) is 0.795. The number of carbonyl (C=O) groups is 2. The van der Waals surface area contributed by atoms with Crippen LogP contribution in [0.25, 0.3) is 11.3 Å². The van der Waals surface area contributed by atoms with Crippen LogP contribution in [0.4, 0.5) is 5.13 Å². The summed E-state index contributed by atoms with van der Waals surface area (Å²) in [7, 11) is 0. The van der Waals surface area contributed by atoms with Crippen LogP contribution in [0, 0.1) is 11.8 Å². The molecular weight excluding hydrogens is 336 g/mol. The fraction of sp³-hybridized carbons (Fsp3) is 0.421. The molecule has 0 aliphatic heterocycles. The van der Waals surface area contributed by atoms with Crippen LogP contribution in [0.1, 0.15) is 32.8 Å². The number of esters is 1. The minimum absolute atomic E-state index is 0.0483. The highest BCUT2D eigenvalue weighted by atomic mass is 32.1. The summed E-state index contributed by atoms with van der Waals surface area (Å²) in [5.74, 6) is -0.328. The van der Waals surface area contributed by atoms with Gasteiger partial charge in [-0.15, -0.1) is 11.3 Å². The van der Waals surface area contributed by atoms with E-state index < -0.39 is 6.10 Å². The standard InChI is InChI=1S/C19H22N2O3S/c1-4-13-5-7-14(8-6-13)16-10-25-19(20-16)21-17(22)12(3)24-18(23)15-9-11(15)2/h5-8,10-12,15H,4,9H2,1-3H3,(H,20,21,22)/t11-,12+,15+/m0/s1. The van der Waals surface area contributed by atoms with Crippen molar-refractivity contribution in [3.8, 4) is 11.3 Å². The number of thiazole rings is 1. The van der Waals surface area contributed by atoms with Crippen molar-refractivity contribution in [2.45, 2.75) is 39.7 Å². The second kappa shape index (κ2) is 7.35. The normalized spacial score (nSPS) is 20.0. The molecule has 5 nitrogen and oxygen atoms in total. The molecule has 1 fully saturated rings. The molecule has 6 heteroatoms. The summed E-state index contributed by atoms with van der Waals surface area (Å²) in [5, 5.41) is 5.13. The average Bonchev–Trinajstić information content (AvgIpc) is 3.16. The largest absolute Gasteiger partial charge is 0.452 e. The van der Waals surface area contributed by atoms with Gasteiger partial charge in [-0.05, 0) is 31.2 Å². The molecule has 1 aromatic carbocycles. The van der Waals surface area contributed by atoms with Gasteiger partial charge in [0.1, 0.15) is 0 Å². The van der Waals surface area contributed by atoms with Crippen LogP contribution >= 0.6 is 11.3 Å². The lowest BCUT2D eigenvalue weighted by Crippen LogP contribution is -2.30. The number of carbonyl (C=O) groups excluding carboxylic acids is 2. The van der Waals surface area contributed by atoms with Crippen molar-refractivity contribution in [2.75, 3.05) is 5.32 Å². The van der Waals surface area contributed by atoms with Gasteiger partial charge in [0.15, 0.2) is 11.2 Å². The first-order valence-corrected chi connectivity index (χ1v) is 9.42. The van der Waals surface area contributed by atoms with E-state index in [0.29, 0.717) is 11.0 Å². The first kappa shape index (κ1) is 17.6. The number of hydrogen-bond donors (Lipinski definition) is 1. The van der Waals surface area contributed by atoms with Crippen molar-refractivity contribution in [3.63, 3.8) is 0 Å². The van der Waals surface area contributed by atoms with Gasteiger partial charge in [-0.3, -0.25) is 14.9 Å².